The Morgan fingerprint density at radius 3 is 2.83 bits per heavy atom. The monoisotopic (exact) mass is 238 g/mol. The molecule has 0 saturated heterocycles. The highest BCUT2D eigenvalue weighted by Crippen LogP contribution is 2.23. The van der Waals surface area contributed by atoms with Gasteiger partial charge in [-0.1, -0.05) is 12.1 Å². The second-order valence-electron chi connectivity index (χ2n) is 4.40. The number of fused-ring (bicyclic) bond motifs is 1. The Hall–Kier alpha value is -2.13. The zero-order valence-electron chi connectivity index (χ0n) is 10.1. The van der Waals surface area contributed by atoms with Crippen molar-refractivity contribution in [3.63, 3.8) is 0 Å². The van der Waals surface area contributed by atoms with Crippen molar-refractivity contribution in [2.24, 2.45) is 5.73 Å². The van der Waals surface area contributed by atoms with Crippen LogP contribution in [0.15, 0.2) is 53.1 Å². The number of hydrogen-bond donors (Lipinski definition) is 1. The molecule has 18 heavy (non-hydrogen) atoms. The highest BCUT2D eigenvalue weighted by atomic mass is 16.3. The third-order valence-electron chi connectivity index (χ3n) is 3.06. The molecule has 1 aromatic carbocycles. The Labute approximate surface area is 105 Å². The van der Waals surface area contributed by atoms with Gasteiger partial charge in [0.05, 0.1) is 17.8 Å². The van der Waals surface area contributed by atoms with Crippen molar-refractivity contribution >= 4 is 10.9 Å². The van der Waals surface area contributed by atoms with E-state index in [0.29, 0.717) is 0 Å². The second kappa shape index (κ2) is 4.27. The molecule has 0 spiro atoms. The first-order valence-electron chi connectivity index (χ1n) is 5.90. The van der Waals surface area contributed by atoms with Gasteiger partial charge in [0.25, 0.3) is 0 Å². The molecule has 1 unspecified atom stereocenters. The molecular formula is C15H14N2O. The van der Waals surface area contributed by atoms with Gasteiger partial charge in [0.1, 0.15) is 5.76 Å². The summed E-state index contributed by atoms with van der Waals surface area (Å²) in [5, 5.41) is 1.10. The number of furan rings is 1. The highest BCUT2D eigenvalue weighted by Gasteiger charge is 2.11. The summed E-state index contributed by atoms with van der Waals surface area (Å²) in [6.45, 7) is 1.99. The van der Waals surface area contributed by atoms with Crippen molar-refractivity contribution in [1.82, 2.24) is 4.98 Å². The van der Waals surface area contributed by atoms with Crippen LogP contribution in [0.25, 0.3) is 10.9 Å². The summed E-state index contributed by atoms with van der Waals surface area (Å²) in [5.41, 5.74) is 9.21. The van der Waals surface area contributed by atoms with Gasteiger partial charge in [-0.15, -0.1) is 0 Å². The third-order valence-corrected chi connectivity index (χ3v) is 3.06. The fraction of sp³-hybridized carbons (Fsp3) is 0.133. The number of benzene rings is 1. The minimum Gasteiger partial charge on any atom is -0.467 e. The van der Waals surface area contributed by atoms with Gasteiger partial charge >= 0.3 is 0 Å². The van der Waals surface area contributed by atoms with Crippen molar-refractivity contribution in [3.8, 4) is 0 Å². The van der Waals surface area contributed by atoms with Crippen molar-refractivity contribution in [2.75, 3.05) is 0 Å². The summed E-state index contributed by atoms with van der Waals surface area (Å²) in [5.74, 6) is 0.773. The van der Waals surface area contributed by atoms with E-state index in [1.807, 2.05) is 37.3 Å². The predicted octanol–water partition coefficient (Wildman–Crippen LogP) is 3.18. The van der Waals surface area contributed by atoms with Crippen LogP contribution >= 0.6 is 0 Å². The summed E-state index contributed by atoms with van der Waals surface area (Å²) < 4.78 is 5.34. The lowest BCUT2D eigenvalue weighted by atomic mass is 10.0. The van der Waals surface area contributed by atoms with E-state index in [2.05, 4.69) is 17.1 Å². The number of nitrogens with zero attached hydrogens (tertiary/aromatic N) is 1. The van der Waals surface area contributed by atoms with Crippen LogP contribution in [0.1, 0.15) is 23.1 Å². The van der Waals surface area contributed by atoms with E-state index in [-0.39, 0.29) is 6.04 Å². The molecule has 0 radical (unpaired) electrons. The minimum absolute atomic E-state index is 0.231. The van der Waals surface area contributed by atoms with Gasteiger partial charge < -0.3 is 10.2 Å². The lowest BCUT2D eigenvalue weighted by Crippen LogP contribution is -2.10. The van der Waals surface area contributed by atoms with Crippen LogP contribution in [0.5, 0.6) is 0 Å². The van der Waals surface area contributed by atoms with Crippen molar-refractivity contribution in [1.29, 1.82) is 0 Å². The molecule has 3 aromatic rings. The maximum atomic E-state index is 6.17. The van der Waals surface area contributed by atoms with Crippen molar-refractivity contribution in [2.45, 2.75) is 13.0 Å². The van der Waals surface area contributed by atoms with Gasteiger partial charge in [0.2, 0.25) is 0 Å². The maximum absolute atomic E-state index is 6.17. The van der Waals surface area contributed by atoms with Gasteiger partial charge in [-0.2, -0.15) is 0 Å². The predicted molar refractivity (Wildman–Crippen MR) is 71.2 cm³/mol. The fourth-order valence-electron chi connectivity index (χ4n) is 2.07. The number of pyridine rings is 1. The number of hydrogen-bond acceptors (Lipinski definition) is 3. The molecule has 1 atom stereocenters. The quantitative estimate of drug-likeness (QED) is 0.746. The number of aromatic nitrogens is 1. The van der Waals surface area contributed by atoms with Gasteiger partial charge in [-0.25, -0.2) is 0 Å². The topological polar surface area (TPSA) is 52.0 Å². The third kappa shape index (κ3) is 1.89. The molecule has 2 heterocycles. The highest BCUT2D eigenvalue weighted by molar-refractivity contribution is 5.79. The van der Waals surface area contributed by atoms with Crippen molar-refractivity contribution < 1.29 is 4.42 Å². The van der Waals surface area contributed by atoms with Crippen LogP contribution in [0.4, 0.5) is 0 Å². The van der Waals surface area contributed by atoms with Crippen molar-refractivity contribution in [3.05, 3.63) is 65.7 Å². The summed E-state index contributed by atoms with van der Waals surface area (Å²) in [4.78, 5) is 4.47. The molecule has 90 valence electrons. The summed E-state index contributed by atoms with van der Waals surface area (Å²) in [6, 6.07) is 13.6. The van der Waals surface area contributed by atoms with E-state index >= 15 is 0 Å². The van der Waals surface area contributed by atoms with Gasteiger partial charge in [-0.05, 0) is 42.8 Å². The molecule has 0 bridgehead atoms. The van der Waals surface area contributed by atoms with Crippen LogP contribution in [0, 0.1) is 6.92 Å². The molecular weight excluding hydrogens is 224 g/mol. The molecule has 2 N–H and O–H groups in total. The maximum Gasteiger partial charge on any atom is 0.124 e. The molecule has 2 aromatic heterocycles. The Bertz CT molecular complexity index is 674. The molecule has 3 rings (SSSR count). The lowest BCUT2D eigenvalue weighted by molar-refractivity contribution is 0.490. The Kier molecular flexibility index (Phi) is 2.61. The van der Waals surface area contributed by atoms with Crippen LogP contribution < -0.4 is 5.73 Å². The first-order valence-corrected chi connectivity index (χ1v) is 5.90. The Morgan fingerprint density at radius 1 is 1.17 bits per heavy atom. The van der Waals surface area contributed by atoms with E-state index in [9.17, 15) is 0 Å². The van der Waals surface area contributed by atoms with Crippen LogP contribution in [0.3, 0.4) is 0 Å². The molecule has 0 amide bonds. The molecule has 0 aliphatic carbocycles. The van der Waals surface area contributed by atoms with Crippen LogP contribution in [-0.4, -0.2) is 4.98 Å². The summed E-state index contributed by atoms with van der Waals surface area (Å²) >= 11 is 0. The Balaban J connectivity index is 2.06. The summed E-state index contributed by atoms with van der Waals surface area (Å²) in [7, 11) is 0. The smallest absolute Gasteiger partial charge is 0.124 e. The molecule has 0 fully saturated rings. The SMILES string of the molecule is Cc1ccc2cc(C(N)c3ccco3)ccc2n1. The van der Waals surface area contributed by atoms with E-state index in [1.54, 1.807) is 6.26 Å². The lowest BCUT2D eigenvalue weighted by Gasteiger charge is -2.10. The number of rotatable bonds is 2. The van der Waals surface area contributed by atoms with E-state index < -0.39 is 0 Å². The first-order chi connectivity index (χ1) is 8.74. The molecule has 0 saturated carbocycles. The first kappa shape index (κ1) is 11.0. The summed E-state index contributed by atoms with van der Waals surface area (Å²) in [6.07, 6.45) is 1.64. The fourth-order valence-corrected chi connectivity index (χ4v) is 2.07. The Morgan fingerprint density at radius 2 is 2.06 bits per heavy atom. The average Bonchev–Trinajstić information content (AvgIpc) is 2.91. The molecule has 0 aliphatic rings. The normalized spacial score (nSPS) is 12.8. The molecule has 0 aliphatic heterocycles. The molecule has 3 heteroatoms. The largest absolute Gasteiger partial charge is 0.467 e. The minimum atomic E-state index is -0.231. The van der Waals surface area contributed by atoms with Crippen LogP contribution in [-0.2, 0) is 0 Å². The van der Waals surface area contributed by atoms with E-state index in [0.717, 1.165) is 27.9 Å². The second-order valence-corrected chi connectivity index (χ2v) is 4.40. The average molecular weight is 238 g/mol. The van der Waals surface area contributed by atoms with E-state index in [4.69, 9.17) is 10.2 Å². The van der Waals surface area contributed by atoms with Crippen LogP contribution in [0.2, 0.25) is 0 Å². The van der Waals surface area contributed by atoms with Gasteiger partial charge in [0, 0.05) is 11.1 Å². The zero-order chi connectivity index (χ0) is 12.5. The molecule has 3 nitrogen and oxygen atoms in total. The van der Waals surface area contributed by atoms with Gasteiger partial charge in [0.15, 0.2) is 0 Å². The number of aryl methyl sites for hydroxylation is 1. The van der Waals surface area contributed by atoms with E-state index in [1.165, 1.54) is 0 Å². The zero-order valence-corrected chi connectivity index (χ0v) is 10.1. The van der Waals surface area contributed by atoms with Gasteiger partial charge in [-0.3, -0.25) is 4.98 Å². The standard InChI is InChI=1S/C15H14N2O/c1-10-4-5-11-9-12(6-7-13(11)17-10)15(16)14-3-2-8-18-14/h2-9,15H,16H2,1H3. The number of nitrogens with two attached hydrogens (primary N) is 1.